The monoisotopic (exact) mass is 271 g/mol. The number of pyridine rings is 1. The Morgan fingerprint density at radius 2 is 2.10 bits per heavy atom. The number of nitrogens with one attached hydrogen (secondary N) is 1. The maximum Gasteiger partial charge on any atom is 0.283 e. The first-order valence-electron chi connectivity index (χ1n) is 5.88. The molecule has 0 atom stereocenters. The first-order chi connectivity index (χ1) is 9.72. The summed E-state index contributed by atoms with van der Waals surface area (Å²) in [5.74, 6) is 5.14. The predicted octanol–water partition coefficient (Wildman–Crippen LogP) is 1.08. The van der Waals surface area contributed by atoms with E-state index in [-0.39, 0.29) is 12.3 Å². The second-order valence-corrected chi connectivity index (χ2v) is 3.97. The van der Waals surface area contributed by atoms with E-state index in [0.29, 0.717) is 17.0 Å². The van der Waals surface area contributed by atoms with Crippen LogP contribution in [0, 0.1) is 0 Å². The fourth-order valence-electron chi connectivity index (χ4n) is 1.60. The third kappa shape index (κ3) is 3.39. The van der Waals surface area contributed by atoms with Gasteiger partial charge in [-0.2, -0.15) is 0 Å². The molecular weight excluding hydrogens is 258 g/mol. The number of nitrogens with two attached hydrogens (primary N) is 1. The minimum Gasteiger partial charge on any atom is -0.487 e. The number of rotatable bonds is 5. The molecule has 0 saturated heterocycles. The molecule has 0 spiro atoms. The normalized spacial score (nSPS) is 9.85. The number of benzene rings is 1. The van der Waals surface area contributed by atoms with Crippen molar-refractivity contribution in [2.24, 2.45) is 5.84 Å². The van der Waals surface area contributed by atoms with E-state index in [1.54, 1.807) is 42.5 Å². The molecule has 0 saturated carbocycles. The molecule has 6 heteroatoms. The lowest BCUT2D eigenvalue weighted by Crippen LogP contribution is -2.30. The largest absolute Gasteiger partial charge is 0.487 e. The highest BCUT2D eigenvalue weighted by Crippen LogP contribution is 2.13. The molecule has 1 aromatic carbocycles. The number of ether oxygens (including phenoxy) is 1. The lowest BCUT2D eigenvalue weighted by atomic mass is 10.2. The van der Waals surface area contributed by atoms with Crippen molar-refractivity contribution in [2.75, 3.05) is 0 Å². The average molecular weight is 271 g/mol. The Bertz CT molecular complexity index is 629. The Hall–Kier alpha value is -2.73. The minimum absolute atomic E-state index is 0.188. The van der Waals surface area contributed by atoms with Crippen molar-refractivity contribution in [3.05, 3.63) is 59.4 Å². The summed E-state index contributed by atoms with van der Waals surface area (Å²) in [6.45, 7) is 0.188. The summed E-state index contributed by atoms with van der Waals surface area (Å²) in [5, 5.41) is 0. The molecular formula is C14H13N3O3. The highest BCUT2D eigenvalue weighted by atomic mass is 16.5. The van der Waals surface area contributed by atoms with E-state index in [9.17, 15) is 9.59 Å². The molecule has 0 aliphatic carbocycles. The topological polar surface area (TPSA) is 94.3 Å². The van der Waals surface area contributed by atoms with E-state index < -0.39 is 5.91 Å². The summed E-state index contributed by atoms with van der Waals surface area (Å²) >= 11 is 0. The molecule has 1 aromatic heterocycles. The van der Waals surface area contributed by atoms with Gasteiger partial charge < -0.3 is 4.74 Å². The first-order valence-corrected chi connectivity index (χ1v) is 5.88. The molecule has 6 nitrogen and oxygen atoms in total. The maximum absolute atomic E-state index is 11.3. The van der Waals surface area contributed by atoms with E-state index in [2.05, 4.69) is 4.98 Å². The quantitative estimate of drug-likeness (QED) is 0.367. The van der Waals surface area contributed by atoms with E-state index in [1.807, 2.05) is 5.43 Å². The summed E-state index contributed by atoms with van der Waals surface area (Å²) in [6.07, 6.45) is 0.747. The zero-order valence-electron chi connectivity index (χ0n) is 10.6. The van der Waals surface area contributed by atoms with E-state index in [1.165, 1.54) is 0 Å². The first kappa shape index (κ1) is 13.7. The van der Waals surface area contributed by atoms with Gasteiger partial charge in [0, 0.05) is 5.56 Å². The number of nitrogens with zero attached hydrogens (tertiary/aromatic N) is 1. The van der Waals surface area contributed by atoms with Crippen molar-refractivity contribution < 1.29 is 14.3 Å². The molecule has 0 unspecified atom stereocenters. The lowest BCUT2D eigenvalue weighted by molar-refractivity contribution is 0.0948. The number of carbonyl (C=O) groups is 2. The molecule has 20 heavy (non-hydrogen) atoms. The van der Waals surface area contributed by atoms with Crippen LogP contribution in [0.25, 0.3) is 0 Å². The molecule has 0 aliphatic heterocycles. The zero-order chi connectivity index (χ0) is 14.4. The van der Waals surface area contributed by atoms with Crippen LogP contribution >= 0.6 is 0 Å². The van der Waals surface area contributed by atoms with E-state index >= 15 is 0 Å². The molecule has 0 aliphatic rings. The van der Waals surface area contributed by atoms with Crippen LogP contribution in [0.4, 0.5) is 0 Å². The molecule has 0 bridgehead atoms. The Labute approximate surface area is 115 Å². The van der Waals surface area contributed by atoms with Crippen LogP contribution in [0.15, 0.2) is 42.5 Å². The summed E-state index contributed by atoms with van der Waals surface area (Å²) in [4.78, 5) is 26.1. The van der Waals surface area contributed by atoms with Gasteiger partial charge >= 0.3 is 0 Å². The maximum atomic E-state index is 11.3. The summed E-state index contributed by atoms with van der Waals surface area (Å²) in [5.41, 5.74) is 3.35. The Kier molecular flexibility index (Phi) is 4.41. The van der Waals surface area contributed by atoms with E-state index in [4.69, 9.17) is 10.6 Å². The second kappa shape index (κ2) is 6.44. The van der Waals surface area contributed by atoms with Crippen LogP contribution < -0.4 is 16.0 Å². The van der Waals surface area contributed by atoms with Gasteiger partial charge in [0.1, 0.15) is 24.3 Å². The number of carbonyl (C=O) groups excluding carboxylic acids is 2. The van der Waals surface area contributed by atoms with E-state index in [0.717, 1.165) is 6.29 Å². The fraction of sp³-hybridized carbons (Fsp3) is 0.0714. The van der Waals surface area contributed by atoms with Crippen LogP contribution in [-0.2, 0) is 6.61 Å². The number of hydrogen-bond acceptors (Lipinski definition) is 5. The third-order valence-electron chi connectivity index (χ3n) is 2.55. The Balaban J connectivity index is 2.06. The number of aromatic nitrogens is 1. The third-order valence-corrected chi connectivity index (χ3v) is 2.55. The van der Waals surface area contributed by atoms with Crippen molar-refractivity contribution in [1.82, 2.24) is 10.4 Å². The van der Waals surface area contributed by atoms with Crippen LogP contribution in [0.3, 0.4) is 0 Å². The lowest BCUT2D eigenvalue weighted by Gasteiger charge is -2.07. The number of nitrogen functional groups attached to an aromatic ring is 1. The van der Waals surface area contributed by atoms with Crippen LogP contribution in [0.5, 0.6) is 5.75 Å². The van der Waals surface area contributed by atoms with Crippen molar-refractivity contribution in [3.63, 3.8) is 0 Å². The van der Waals surface area contributed by atoms with Crippen LogP contribution in [0.1, 0.15) is 26.5 Å². The van der Waals surface area contributed by atoms with Gasteiger partial charge in [0.05, 0.1) is 5.69 Å². The van der Waals surface area contributed by atoms with Crippen LogP contribution in [0.2, 0.25) is 0 Å². The second-order valence-electron chi connectivity index (χ2n) is 3.97. The molecule has 102 valence electrons. The van der Waals surface area contributed by atoms with Crippen molar-refractivity contribution in [2.45, 2.75) is 6.61 Å². The van der Waals surface area contributed by atoms with Gasteiger partial charge in [-0.1, -0.05) is 18.2 Å². The van der Waals surface area contributed by atoms with Crippen molar-refractivity contribution >= 4 is 12.2 Å². The minimum atomic E-state index is -0.463. The van der Waals surface area contributed by atoms with Crippen LogP contribution in [-0.4, -0.2) is 17.2 Å². The van der Waals surface area contributed by atoms with Gasteiger partial charge in [-0.25, -0.2) is 10.8 Å². The molecule has 0 radical (unpaired) electrons. The van der Waals surface area contributed by atoms with Crippen molar-refractivity contribution in [1.29, 1.82) is 0 Å². The van der Waals surface area contributed by atoms with Gasteiger partial charge in [-0.15, -0.1) is 0 Å². The smallest absolute Gasteiger partial charge is 0.283 e. The molecule has 0 fully saturated rings. The number of aldehydes is 1. The van der Waals surface area contributed by atoms with Gasteiger partial charge in [0.25, 0.3) is 5.91 Å². The average Bonchev–Trinajstić information content (AvgIpc) is 2.52. The Morgan fingerprint density at radius 1 is 1.30 bits per heavy atom. The Morgan fingerprint density at radius 3 is 2.85 bits per heavy atom. The van der Waals surface area contributed by atoms with Gasteiger partial charge in [-0.05, 0) is 24.3 Å². The molecule has 1 amide bonds. The summed E-state index contributed by atoms with van der Waals surface area (Å²) in [7, 11) is 0. The molecule has 2 rings (SSSR count). The molecule has 1 heterocycles. The number of hydrogen-bond donors (Lipinski definition) is 2. The molecule has 2 aromatic rings. The SMILES string of the molecule is NNC(=O)c1cccc(COc2cccc(C=O)c2)n1. The van der Waals surface area contributed by atoms with Crippen molar-refractivity contribution in [3.8, 4) is 5.75 Å². The number of amides is 1. The zero-order valence-corrected chi connectivity index (χ0v) is 10.6. The van der Waals surface area contributed by atoms with Gasteiger partial charge in [-0.3, -0.25) is 15.0 Å². The standard InChI is InChI=1S/C14H13N3O3/c15-17-14(19)13-6-2-4-11(16-13)9-20-12-5-1-3-10(7-12)8-18/h1-8H,9,15H2,(H,17,19). The fourth-order valence-corrected chi connectivity index (χ4v) is 1.60. The highest BCUT2D eigenvalue weighted by molar-refractivity contribution is 5.91. The molecule has 3 N–H and O–H groups in total. The number of hydrazine groups is 1. The highest BCUT2D eigenvalue weighted by Gasteiger charge is 2.06. The van der Waals surface area contributed by atoms with Gasteiger partial charge in [0.2, 0.25) is 0 Å². The predicted molar refractivity (Wildman–Crippen MR) is 72.1 cm³/mol. The summed E-state index contributed by atoms with van der Waals surface area (Å²) in [6, 6.07) is 11.8. The summed E-state index contributed by atoms with van der Waals surface area (Å²) < 4.78 is 5.52. The van der Waals surface area contributed by atoms with Gasteiger partial charge in [0.15, 0.2) is 0 Å².